The first-order valence-electron chi connectivity index (χ1n) is 11.8. The molecule has 0 fully saturated rings. The molecule has 2 unspecified atom stereocenters. The summed E-state index contributed by atoms with van der Waals surface area (Å²) >= 11 is 0. The van der Waals surface area contributed by atoms with E-state index in [1.165, 1.54) is 4.90 Å². The molecule has 0 saturated carbocycles. The van der Waals surface area contributed by atoms with Crippen LogP contribution >= 0.6 is 0 Å². The maximum absolute atomic E-state index is 13.6. The number of likely N-dealkylation sites (N-methyl/N-ethyl adjacent to an activating group) is 1. The van der Waals surface area contributed by atoms with Crippen LogP contribution in [0.3, 0.4) is 0 Å². The Labute approximate surface area is 202 Å². The van der Waals surface area contributed by atoms with Crippen LogP contribution in [0.4, 0.5) is 4.79 Å². The Hall–Kier alpha value is -3.10. The van der Waals surface area contributed by atoms with Gasteiger partial charge in [0.1, 0.15) is 17.7 Å². The molecular weight excluding hydrogens is 436 g/mol. The maximum Gasteiger partial charge on any atom is 0.408 e. The Balaban J connectivity index is 3.29. The summed E-state index contributed by atoms with van der Waals surface area (Å²) in [7, 11) is 0. The van der Waals surface area contributed by atoms with E-state index in [0.29, 0.717) is 12.1 Å². The third kappa shape index (κ3) is 9.80. The van der Waals surface area contributed by atoms with Crippen LogP contribution in [-0.2, 0) is 19.1 Å². The summed E-state index contributed by atoms with van der Waals surface area (Å²) in [6.45, 7) is 11.5. The summed E-state index contributed by atoms with van der Waals surface area (Å²) in [4.78, 5) is 52.1. The number of alkyl carbamates (subject to hydrolysis) is 1. The third-order valence-electron chi connectivity index (χ3n) is 5.07. The number of primary amides is 1. The lowest BCUT2D eigenvalue weighted by atomic mass is 10.0. The van der Waals surface area contributed by atoms with E-state index in [9.17, 15) is 19.2 Å². The molecule has 0 aromatic heterocycles. The minimum atomic E-state index is -1.08. The molecule has 0 bridgehead atoms. The van der Waals surface area contributed by atoms with Crippen LogP contribution in [0.15, 0.2) is 24.3 Å². The second-order valence-electron chi connectivity index (χ2n) is 9.29. The Kier molecular flexibility index (Phi) is 11.5. The van der Waals surface area contributed by atoms with Gasteiger partial charge in [0.25, 0.3) is 0 Å². The number of benzene rings is 1. The molecule has 0 saturated heterocycles. The highest BCUT2D eigenvalue weighted by atomic mass is 16.6. The number of nitrogens with one attached hydrogen (secondary N) is 2. The number of amides is 4. The zero-order valence-corrected chi connectivity index (χ0v) is 21.3. The van der Waals surface area contributed by atoms with Crippen molar-refractivity contribution in [1.82, 2.24) is 15.5 Å². The normalized spacial score (nSPS) is 12.9. The van der Waals surface area contributed by atoms with Crippen molar-refractivity contribution in [2.75, 3.05) is 13.1 Å². The molecule has 0 spiro atoms. The zero-order valence-electron chi connectivity index (χ0n) is 21.3. The number of aryl methyl sites for hydroxylation is 1. The lowest BCUT2D eigenvalue weighted by Gasteiger charge is -2.33. The topological polar surface area (TPSA) is 131 Å². The van der Waals surface area contributed by atoms with Crippen molar-refractivity contribution in [3.63, 3.8) is 0 Å². The number of carbonyl (C=O) groups excluding carboxylic acids is 4. The number of nitrogens with zero attached hydrogens (tertiary/aromatic N) is 1. The quantitative estimate of drug-likeness (QED) is 0.399. The van der Waals surface area contributed by atoms with Crippen LogP contribution in [0.25, 0.3) is 0 Å². The van der Waals surface area contributed by atoms with Crippen molar-refractivity contribution >= 4 is 23.8 Å². The van der Waals surface area contributed by atoms with Gasteiger partial charge in [0.15, 0.2) is 0 Å². The number of hydrogen-bond acceptors (Lipinski definition) is 5. The molecule has 0 radical (unpaired) electrons. The number of hydrogen-bond donors (Lipinski definition) is 3. The van der Waals surface area contributed by atoms with Crippen molar-refractivity contribution < 1.29 is 23.9 Å². The third-order valence-corrected chi connectivity index (χ3v) is 5.07. The molecule has 1 aromatic rings. The van der Waals surface area contributed by atoms with Crippen molar-refractivity contribution in [3.8, 4) is 0 Å². The van der Waals surface area contributed by atoms with Crippen molar-refractivity contribution in [2.24, 2.45) is 5.73 Å². The number of nitrogens with two attached hydrogens (primary N) is 1. The summed E-state index contributed by atoms with van der Waals surface area (Å²) in [5.74, 6) is -1.40. The monoisotopic (exact) mass is 476 g/mol. The van der Waals surface area contributed by atoms with Gasteiger partial charge in [-0.1, -0.05) is 43.2 Å². The first-order valence-corrected chi connectivity index (χ1v) is 11.8. The first kappa shape index (κ1) is 28.9. The number of carbonyl (C=O) groups is 4. The molecule has 1 aromatic carbocycles. The van der Waals surface area contributed by atoms with Crippen molar-refractivity contribution in [1.29, 1.82) is 0 Å². The predicted molar refractivity (Wildman–Crippen MR) is 131 cm³/mol. The van der Waals surface area contributed by atoms with Gasteiger partial charge in [0.05, 0.1) is 0 Å². The molecule has 4 N–H and O–H groups in total. The van der Waals surface area contributed by atoms with Crippen LogP contribution in [0.2, 0.25) is 0 Å². The molecular formula is C25H40N4O5. The molecule has 34 heavy (non-hydrogen) atoms. The van der Waals surface area contributed by atoms with E-state index in [-0.39, 0.29) is 25.3 Å². The van der Waals surface area contributed by atoms with E-state index < -0.39 is 35.6 Å². The largest absolute Gasteiger partial charge is 0.444 e. The van der Waals surface area contributed by atoms with Gasteiger partial charge in [-0.3, -0.25) is 14.4 Å². The van der Waals surface area contributed by atoms with Gasteiger partial charge in [-0.05, 0) is 53.0 Å². The SMILES string of the molecule is CCCCNC(=O)C(c1ccc(C)cc1)N(CC)C(=O)C(CCC(N)=O)NC(=O)OC(C)(C)C. The Morgan fingerprint density at radius 2 is 1.71 bits per heavy atom. The van der Waals surface area contributed by atoms with Crippen LogP contribution in [0.1, 0.15) is 77.5 Å². The average molecular weight is 477 g/mol. The average Bonchev–Trinajstić information content (AvgIpc) is 2.74. The van der Waals surface area contributed by atoms with E-state index in [0.717, 1.165) is 18.4 Å². The van der Waals surface area contributed by atoms with Gasteiger partial charge in [-0.15, -0.1) is 0 Å². The zero-order chi connectivity index (χ0) is 25.9. The van der Waals surface area contributed by atoms with Crippen molar-refractivity contribution in [3.05, 3.63) is 35.4 Å². The van der Waals surface area contributed by atoms with Gasteiger partial charge >= 0.3 is 6.09 Å². The molecule has 2 atom stereocenters. The number of rotatable bonds is 12. The molecule has 0 aliphatic rings. The second-order valence-corrected chi connectivity index (χ2v) is 9.29. The van der Waals surface area contributed by atoms with Gasteiger partial charge in [0, 0.05) is 19.5 Å². The van der Waals surface area contributed by atoms with Gasteiger partial charge in [-0.25, -0.2) is 4.79 Å². The van der Waals surface area contributed by atoms with E-state index >= 15 is 0 Å². The molecule has 9 heteroatoms. The fraction of sp³-hybridized carbons (Fsp3) is 0.600. The minimum Gasteiger partial charge on any atom is -0.444 e. The van der Waals surface area contributed by atoms with E-state index in [4.69, 9.17) is 10.5 Å². The number of unbranched alkanes of at least 4 members (excludes halogenated alkanes) is 1. The molecule has 0 aliphatic carbocycles. The van der Waals surface area contributed by atoms with E-state index in [1.807, 2.05) is 38.1 Å². The van der Waals surface area contributed by atoms with Crippen LogP contribution < -0.4 is 16.4 Å². The Bertz CT molecular complexity index is 833. The second kappa shape index (κ2) is 13.6. The summed E-state index contributed by atoms with van der Waals surface area (Å²) in [6, 6.07) is 5.40. The Morgan fingerprint density at radius 1 is 1.09 bits per heavy atom. The molecule has 0 heterocycles. The molecule has 190 valence electrons. The molecule has 0 aliphatic heterocycles. The molecule has 1 rings (SSSR count). The van der Waals surface area contributed by atoms with Gasteiger partial charge in [0.2, 0.25) is 17.7 Å². The predicted octanol–water partition coefficient (Wildman–Crippen LogP) is 2.96. The number of ether oxygens (including phenoxy) is 1. The summed E-state index contributed by atoms with van der Waals surface area (Å²) in [6.07, 6.45) is 0.823. The highest BCUT2D eigenvalue weighted by molar-refractivity contribution is 5.92. The van der Waals surface area contributed by atoms with E-state index in [1.54, 1.807) is 27.7 Å². The smallest absolute Gasteiger partial charge is 0.408 e. The minimum absolute atomic E-state index is 0.0119. The van der Waals surface area contributed by atoms with Crippen molar-refractivity contribution in [2.45, 2.75) is 84.9 Å². The van der Waals surface area contributed by atoms with Crippen LogP contribution in [-0.4, -0.2) is 53.4 Å². The van der Waals surface area contributed by atoms with Crippen LogP contribution in [0, 0.1) is 6.92 Å². The molecule has 4 amide bonds. The van der Waals surface area contributed by atoms with Crippen LogP contribution in [0.5, 0.6) is 0 Å². The standard InChI is InChI=1S/C25H40N4O5/c1-7-9-16-27-22(31)21(18-12-10-17(3)11-13-18)29(8-2)23(32)19(14-15-20(26)30)28-24(33)34-25(4,5)6/h10-13,19,21H,7-9,14-16H2,1-6H3,(H2,26,30)(H,27,31)(H,28,33). The van der Waals surface area contributed by atoms with Gasteiger partial charge < -0.3 is 26.0 Å². The highest BCUT2D eigenvalue weighted by Crippen LogP contribution is 2.24. The summed E-state index contributed by atoms with van der Waals surface area (Å²) < 4.78 is 5.29. The lowest BCUT2D eigenvalue weighted by molar-refractivity contribution is -0.142. The lowest BCUT2D eigenvalue weighted by Crippen LogP contribution is -2.53. The maximum atomic E-state index is 13.6. The summed E-state index contributed by atoms with van der Waals surface area (Å²) in [5, 5.41) is 5.47. The summed E-state index contributed by atoms with van der Waals surface area (Å²) in [5.41, 5.74) is 6.20. The highest BCUT2D eigenvalue weighted by Gasteiger charge is 2.35. The van der Waals surface area contributed by atoms with Gasteiger partial charge in [-0.2, -0.15) is 0 Å². The molecule has 9 nitrogen and oxygen atoms in total. The van der Waals surface area contributed by atoms with E-state index in [2.05, 4.69) is 10.6 Å². The Morgan fingerprint density at radius 3 is 2.21 bits per heavy atom. The fourth-order valence-corrected chi connectivity index (χ4v) is 3.37. The fourth-order valence-electron chi connectivity index (χ4n) is 3.37. The first-order chi connectivity index (χ1) is 15.9.